The van der Waals surface area contributed by atoms with Gasteiger partial charge in [-0.25, -0.2) is 13.1 Å². The number of nitrogens with zero attached hydrogens (tertiary/aromatic N) is 4. The van der Waals surface area contributed by atoms with Crippen molar-refractivity contribution in [3.05, 3.63) is 11.9 Å². The summed E-state index contributed by atoms with van der Waals surface area (Å²) in [4.78, 5) is 14.8. The van der Waals surface area contributed by atoms with Gasteiger partial charge in [-0.2, -0.15) is 18.2 Å². The molecule has 0 N–H and O–H groups in total. The lowest BCUT2D eigenvalue weighted by Gasteiger charge is -2.44. The molecule has 4 rings (SSSR count). The molecular weight excluding hydrogens is 418 g/mol. The highest BCUT2D eigenvalue weighted by molar-refractivity contribution is 7.89. The van der Waals surface area contributed by atoms with Gasteiger partial charge in [-0.05, 0) is 45.4 Å². The Bertz CT molecular complexity index is 881. The van der Waals surface area contributed by atoms with Gasteiger partial charge in [-0.3, -0.25) is 4.79 Å². The van der Waals surface area contributed by atoms with Gasteiger partial charge in [0.15, 0.2) is 0 Å². The van der Waals surface area contributed by atoms with Crippen molar-refractivity contribution in [2.24, 2.45) is 5.92 Å². The highest BCUT2D eigenvalue weighted by Crippen LogP contribution is 2.36. The normalized spacial score (nSPS) is 24.3. The first-order valence-corrected chi connectivity index (χ1v) is 12.0. The van der Waals surface area contributed by atoms with Gasteiger partial charge < -0.3 is 9.64 Å². The van der Waals surface area contributed by atoms with E-state index >= 15 is 0 Å². The second kappa shape index (κ2) is 8.51. The van der Waals surface area contributed by atoms with Crippen LogP contribution in [-0.2, 0) is 19.6 Å². The number of halogens is 2. The third-order valence-corrected chi connectivity index (χ3v) is 8.29. The number of ether oxygens (including phenoxy) is 1. The predicted octanol–water partition coefficient (Wildman–Crippen LogP) is 2.16. The van der Waals surface area contributed by atoms with Crippen molar-refractivity contribution < 1.29 is 26.7 Å². The second-order valence-corrected chi connectivity index (χ2v) is 10.2. The maximum absolute atomic E-state index is 13.2. The molecule has 0 aromatic carbocycles. The molecular formula is C19H28F2N4O4S. The number of hydrogen-bond donors (Lipinski definition) is 0. The summed E-state index contributed by atoms with van der Waals surface area (Å²) in [6.07, 6.45) is 5.62. The minimum Gasteiger partial charge on any atom is -0.381 e. The Labute approximate surface area is 175 Å². The number of piperidine rings is 1. The third-order valence-electron chi connectivity index (χ3n) is 6.32. The highest BCUT2D eigenvalue weighted by Gasteiger charge is 2.43. The molecule has 1 atom stereocenters. The summed E-state index contributed by atoms with van der Waals surface area (Å²) in [5, 5.41) is 3.55. The molecule has 11 heteroatoms. The number of alkyl halides is 2. The fraction of sp³-hybridized carbons (Fsp3) is 0.789. The number of amides is 1. The molecule has 30 heavy (non-hydrogen) atoms. The van der Waals surface area contributed by atoms with Crippen molar-refractivity contribution in [2.75, 3.05) is 26.3 Å². The Kier molecular flexibility index (Phi) is 6.13. The van der Waals surface area contributed by atoms with Crippen LogP contribution in [-0.4, -0.2) is 71.7 Å². The molecule has 0 spiro atoms. The van der Waals surface area contributed by atoms with Crippen molar-refractivity contribution in [3.8, 4) is 0 Å². The summed E-state index contributed by atoms with van der Waals surface area (Å²) in [7, 11) is -3.98. The van der Waals surface area contributed by atoms with Crippen LogP contribution < -0.4 is 0 Å². The first-order chi connectivity index (χ1) is 14.3. The summed E-state index contributed by atoms with van der Waals surface area (Å²) in [6, 6.07) is -0.155. The van der Waals surface area contributed by atoms with Crippen molar-refractivity contribution in [3.63, 3.8) is 0 Å². The van der Waals surface area contributed by atoms with Gasteiger partial charge in [-0.15, -0.1) is 0 Å². The van der Waals surface area contributed by atoms with E-state index in [0.717, 1.165) is 38.3 Å². The lowest BCUT2D eigenvalue weighted by atomic mass is 9.98. The average Bonchev–Trinajstić information content (AvgIpc) is 3.50. The molecule has 1 aromatic rings. The van der Waals surface area contributed by atoms with E-state index in [2.05, 4.69) is 5.10 Å². The lowest BCUT2D eigenvalue weighted by Crippen LogP contribution is -2.56. The van der Waals surface area contributed by atoms with Crippen LogP contribution in [0.15, 0.2) is 11.1 Å². The number of sulfonamides is 1. The zero-order chi connectivity index (χ0) is 21.5. The van der Waals surface area contributed by atoms with E-state index < -0.39 is 16.6 Å². The number of hydrogen-bond acceptors (Lipinski definition) is 5. The first kappa shape index (κ1) is 21.6. The summed E-state index contributed by atoms with van der Waals surface area (Å²) < 4.78 is 59.7. The molecule has 2 saturated heterocycles. The highest BCUT2D eigenvalue weighted by atomic mass is 32.2. The monoisotopic (exact) mass is 446 g/mol. The Hall–Kier alpha value is -1.59. The average molecular weight is 447 g/mol. The molecule has 0 radical (unpaired) electrons. The zero-order valence-corrected chi connectivity index (χ0v) is 17.9. The van der Waals surface area contributed by atoms with Crippen molar-refractivity contribution >= 4 is 15.9 Å². The minimum atomic E-state index is -3.98. The van der Waals surface area contributed by atoms with E-state index in [1.165, 1.54) is 11.2 Å². The molecule has 0 bridgehead atoms. The number of carbonyl (C=O) groups excluding carboxylic acids is 1. The smallest absolute Gasteiger partial charge is 0.333 e. The Morgan fingerprint density at radius 1 is 1.20 bits per heavy atom. The molecule has 2 aliphatic heterocycles. The molecule has 1 aromatic heterocycles. The van der Waals surface area contributed by atoms with Crippen LogP contribution in [0, 0.1) is 12.8 Å². The third kappa shape index (κ3) is 4.11. The maximum atomic E-state index is 13.2. The molecule has 1 unspecified atom stereocenters. The lowest BCUT2D eigenvalue weighted by molar-refractivity contribution is -0.141. The molecule has 1 saturated carbocycles. The maximum Gasteiger partial charge on any atom is 0.333 e. The van der Waals surface area contributed by atoms with Crippen LogP contribution in [0.3, 0.4) is 0 Å². The molecule has 1 aliphatic carbocycles. The number of rotatable bonds is 6. The first-order valence-electron chi connectivity index (χ1n) is 10.5. The van der Waals surface area contributed by atoms with E-state index in [4.69, 9.17) is 4.74 Å². The van der Waals surface area contributed by atoms with Crippen LogP contribution in [0.5, 0.6) is 0 Å². The quantitative estimate of drug-likeness (QED) is 0.669. The summed E-state index contributed by atoms with van der Waals surface area (Å²) in [5.74, 6) is 0.166. The van der Waals surface area contributed by atoms with Crippen molar-refractivity contribution in [2.45, 2.75) is 69.0 Å². The molecule has 1 amide bonds. The van der Waals surface area contributed by atoms with Crippen molar-refractivity contribution in [1.82, 2.24) is 19.0 Å². The van der Waals surface area contributed by atoms with Crippen LogP contribution in [0.25, 0.3) is 0 Å². The molecule has 3 fully saturated rings. The van der Waals surface area contributed by atoms with Gasteiger partial charge in [0.25, 0.3) is 0 Å². The summed E-state index contributed by atoms with van der Waals surface area (Å²) in [5.41, 5.74) is -0.0811. The predicted molar refractivity (Wildman–Crippen MR) is 103 cm³/mol. The van der Waals surface area contributed by atoms with Crippen LogP contribution in [0.2, 0.25) is 0 Å². The van der Waals surface area contributed by atoms with E-state index in [1.807, 2.05) is 4.90 Å². The Morgan fingerprint density at radius 2 is 1.90 bits per heavy atom. The van der Waals surface area contributed by atoms with E-state index in [0.29, 0.717) is 30.9 Å². The largest absolute Gasteiger partial charge is 0.381 e. The van der Waals surface area contributed by atoms with E-state index in [-0.39, 0.29) is 41.0 Å². The molecule has 3 heterocycles. The van der Waals surface area contributed by atoms with Gasteiger partial charge in [0.05, 0.1) is 11.9 Å². The van der Waals surface area contributed by atoms with Crippen LogP contribution in [0.4, 0.5) is 8.78 Å². The van der Waals surface area contributed by atoms with E-state index in [9.17, 15) is 22.0 Å². The Morgan fingerprint density at radius 3 is 2.50 bits per heavy atom. The van der Waals surface area contributed by atoms with Gasteiger partial charge in [0.2, 0.25) is 15.9 Å². The topological polar surface area (TPSA) is 84.7 Å². The minimum absolute atomic E-state index is 0.0475. The molecule has 8 nitrogen and oxygen atoms in total. The molecule has 168 valence electrons. The van der Waals surface area contributed by atoms with Gasteiger partial charge in [0.1, 0.15) is 4.90 Å². The zero-order valence-electron chi connectivity index (χ0n) is 17.0. The SMILES string of the molecule is Cc1c(S(=O)(=O)N2CCCC(N(C(=O)C3CC3)C3CCOCC3)C2)cnn1C(F)F. The van der Waals surface area contributed by atoms with Gasteiger partial charge >= 0.3 is 6.55 Å². The van der Waals surface area contributed by atoms with Crippen LogP contribution in [0.1, 0.15) is 50.8 Å². The Balaban J connectivity index is 1.57. The summed E-state index contributed by atoms with van der Waals surface area (Å²) >= 11 is 0. The number of carbonyl (C=O) groups is 1. The van der Waals surface area contributed by atoms with E-state index in [1.54, 1.807) is 0 Å². The van der Waals surface area contributed by atoms with Crippen molar-refractivity contribution in [1.29, 1.82) is 0 Å². The van der Waals surface area contributed by atoms with Gasteiger partial charge in [-0.1, -0.05) is 0 Å². The number of aromatic nitrogens is 2. The van der Waals surface area contributed by atoms with Gasteiger partial charge in [0, 0.05) is 44.3 Å². The van der Waals surface area contributed by atoms with Crippen LogP contribution >= 0.6 is 0 Å². The molecule has 3 aliphatic rings. The second-order valence-electron chi connectivity index (χ2n) is 8.34. The fourth-order valence-corrected chi connectivity index (χ4v) is 6.19. The fourth-order valence-electron chi connectivity index (χ4n) is 4.53. The summed E-state index contributed by atoms with van der Waals surface area (Å²) in [6.45, 7) is 0.107. The standard InChI is InChI=1S/C19H28F2N4O4S/c1-13-17(11-22-25(13)19(20)21)30(27,28)23-8-2-3-16(12-23)24(18(26)14-4-5-14)15-6-9-29-10-7-15/h11,14-16,19H,2-10,12H2,1H3.